The molecule has 0 heterocycles. The molecule has 0 aromatic heterocycles. The van der Waals surface area contributed by atoms with E-state index < -0.39 is 23.7 Å². The molecule has 0 saturated carbocycles. The van der Waals surface area contributed by atoms with Gasteiger partial charge in [-0.15, -0.1) is 0 Å². The SMILES string of the molecule is COc1ccc(OC)c(C(C)NC(=O)NC(C)c2ccc(F)c(F)c2)c1. The van der Waals surface area contributed by atoms with Crippen LogP contribution in [-0.4, -0.2) is 20.3 Å². The number of halogens is 2. The van der Waals surface area contributed by atoms with Crippen molar-refractivity contribution in [1.82, 2.24) is 10.6 Å². The average Bonchev–Trinajstić information content (AvgIpc) is 2.63. The maximum atomic E-state index is 13.3. The Labute approximate surface area is 151 Å². The maximum Gasteiger partial charge on any atom is 0.315 e. The Morgan fingerprint density at radius 3 is 2.23 bits per heavy atom. The van der Waals surface area contributed by atoms with Crippen LogP contribution in [0.1, 0.15) is 37.1 Å². The van der Waals surface area contributed by atoms with Gasteiger partial charge in [-0.2, -0.15) is 0 Å². The first-order chi connectivity index (χ1) is 12.3. The van der Waals surface area contributed by atoms with Crippen molar-refractivity contribution < 1.29 is 23.0 Å². The van der Waals surface area contributed by atoms with Gasteiger partial charge in [0, 0.05) is 5.56 Å². The first kappa shape index (κ1) is 19.5. The lowest BCUT2D eigenvalue weighted by atomic mass is 10.1. The molecule has 0 aliphatic rings. The Hall–Kier alpha value is -2.83. The molecule has 0 spiro atoms. The van der Waals surface area contributed by atoms with Crippen LogP contribution in [0.15, 0.2) is 36.4 Å². The molecule has 0 radical (unpaired) electrons. The summed E-state index contributed by atoms with van der Waals surface area (Å²) < 4.78 is 36.9. The van der Waals surface area contributed by atoms with Gasteiger partial charge in [-0.05, 0) is 49.7 Å². The number of carbonyl (C=O) groups excluding carboxylic acids is 1. The van der Waals surface area contributed by atoms with Gasteiger partial charge < -0.3 is 20.1 Å². The Bertz CT molecular complexity index is 783. The Balaban J connectivity index is 2.06. The quantitative estimate of drug-likeness (QED) is 0.811. The number of rotatable bonds is 6. The summed E-state index contributed by atoms with van der Waals surface area (Å²) in [5, 5.41) is 5.49. The lowest BCUT2D eigenvalue weighted by Crippen LogP contribution is -2.38. The number of benzene rings is 2. The number of methoxy groups -OCH3 is 2. The van der Waals surface area contributed by atoms with Crippen LogP contribution in [0.3, 0.4) is 0 Å². The largest absolute Gasteiger partial charge is 0.497 e. The third kappa shape index (κ3) is 4.62. The fraction of sp³-hybridized carbons (Fsp3) is 0.316. The highest BCUT2D eigenvalue weighted by Gasteiger charge is 2.17. The Kier molecular flexibility index (Phi) is 6.38. The minimum atomic E-state index is -0.953. The van der Waals surface area contributed by atoms with Gasteiger partial charge in [-0.1, -0.05) is 6.07 Å². The van der Waals surface area contributed by atoms with E-state index in [1.165, 1.54) is 6.07 Å². The first-order valence-corrected chi connectivity index (χ1v) is 8.09. The van der Waals surface area contributed by atoms with Crippen LogP contribution in [0.4, 0.5) is 13.6 Å². The normalized spacial score (nSPS) is 12.8. The fourth-order valence-electron chi connectivity index (χ4n) is 2.56. The van der Waals surface area contributed by atoms with Gasteiger partial charge in [0.05, 0.1) is 26.3 Å². The topological polar surface area (TPSA) is 59.6 Å². The first-order valence-electron chi connectivity index (χ1n) is 8.09. The maximum absolute atomic E-state index is 13.3. The highest BCUT2D eigenvalue weighted by Crippen LogP contribution is 2.29. The predicted octanol–water partition coefficient (Wildman–Crippen LogP) is 4.10. The van der Waals surface area contributed by atoms with Crippen molar-refractivity contribution in [2.75, 3.05) is 14.2 Å². The molecule has 2 unspecified atom stereocenters. The van der Waals surface area contributed by atoms with E-state index in [1.54, 1.807) is 46.3 Å². The lowest BCUT2D eigenvalue weighted by Gasteiger charge is -2.21. The molecule has 26 heavy (non-hydrogen) atoms. The summed E-state index contributed by atoms with van der Waals surface area (Å²) in [6.45, 7) is 3.49. The zero-order valence-electron chi connectivity index (χ0n) is 15.1. The van der Waals surface area contributed by atoms with Gasteiger partial charge in [-0.25, -0.2) is 13.6 Å². The zero-order chi connectivity index (χ0) is 19.3. The molecule has 2 aromatic carbocycles. The van der Waals surface area contributed by atoms with Crippen LogP contribution in [0.5, 0.6) is 11.5 Å². The van der Waals surface area contributed by atoms with Gasteiger partial charge in [0.2, 0.25) is 0 Å². The lowest BCUT2D eigenvalue weighted by molar-refractivity contribution is 0.234. The van der Waals surface area contributed by atoms with Crippen LogP contribution in [0, 0.1) is 11.6 Å². The number of urea groups is 1. The average molecular weight is 364 g/mol. The Morgan fingerprint density at radius 2 is 1.62 bits per heavy atom. The molecule has 0 fully saturated rings. The molecule has 0 bridgehead atoms. The number of carbonyl (C=O) groups is 1. The van der Waals surface area contributed by atoms with Crippen LogP contribution >= 0.6 is 0 Å². The smallest absolute Gasteiger partial charge is 0.315 e. The number of hydrogen-bond donors (Lipinski definition) is 2. The van der Waals surface area contributed by atoms with E-state index in [0.717, 1.165) is 17.7 Å². The minimum Gasteiger partial charge on any atom is -0.497 e. The van der Waals surface area contributed by atoms with Gasteiger partial charge in [0.15, 0.2) is 11.6 Å². The second kappa shape index (κ2) is 8.51. The third-order valence-electron chi connectivity index (χ3n) is 4.04. The van der Waals surface area contributed by atoms with Crippen LogP contribution in [0.2, 0.25) is 0 Å². The predicted molar refractivity (Wildman–Crippen MR) is 94.4 cm³/mol. The summed E-state index contributed by atoms with van der Waals surface area (Å²) in [5.74, 6) is -0.618. The fourth-order valence-corrected chi connectivity index (χ4v) is 2.56. The van der Waals surface area contributed by atoms with Crippen molar-refractivity contribution in [2.24, 2.45) is 0 Å². The van der Waals surface area contributed by atoms with Crippen LogP contribution < -0.4 is 20.1 Å². The second-order valence-electron chi connectivity index (χ2n) is 5.84. The van der Waals surface area contributed by atoms with Gasteiger partial charge in [0.1, 0.15) is 11.5 Å². The third-order valence-corrected chi connectivity index (χ3v) is 4.04. The summed E-state index contributed by atoms with van der Waals surface area (Å²) >= 11 is 0. The van der Waals surface area contributed by atoms with Gasteiger partial charge >= 0.3 is 6.03 Å². The van der Waals surface area contributed by atoms with Gasteiger partial charge in [0.25, 0.3) is 0 Å². The van der Waals surface area contributed by atoms with Gasteiger partial charge in [-0.3, -0.25) is 0 Å². The number of ether oxygens (including phenoxy) is 2. The molecule has 5 nitrogen and oxygen atoms in total. The summed E-state index contributed by atoms with van der Waals surface area (Å²) in [4.78, 5) is 12.3. The molecule has 2 atom stereocenters. The molecule has 0 saturated heterocycles. The number of hydrogen-bond acceptors (Lipinski definition) is 3. The molecule has 0 aliphatic carbocycles. The van der Waals surface area contributed by atoms with Crippen molar-refractivity contribution in [3.63, 3.8) is 0 Å². The zero-order valence-corrected chi connectivity index (χ0v) is 15.1. The highest BCUT2D eigenvalue weighted by molar-refractivity contribution is 5.75. The van der Waals surface area contributed by atoms with E-state index >= 15 is 0 Å². The second-order valence-corrected chi connectivity index (χ2v) is 5.84. The molecule has 2 rings (SSSR count). The Morgan fingerprint density at radius 1 is 0.923 bits per heavy atom. The molecule has 7 heteroatoms. The van der Waals surface area contributed by atoms with E-state index in [9.17, 15) is 13.6 Å². The highest BCUT2D eigenvalue weighted by atomic mass is 19.2. The van der Waals surface area contributed by atoms with Crippen molar-refractivity contribution >= 4 is 6.03 Å². The van der Waals surface area contributed by atoms with E-state index in [4.69, 9.17) is 9.47 Å². The van der Waals surface area contributed by atoms with Crippen molar-refractivity contribution in [3.8, 4) is 11.5 Å². The van der Waals surface area contributed by atoms with Crippen molar-refractivity contribution in [2.45, 2.75) is 25.9 Å². The molecular weight excluding hydrogens is 342 g/mol. The summed E-state index contributed by atoms with van der Waals surface area (Å²) in [6, 6.07) is 7.52. The molecule has 2 aromatic rings. The van der Waals surface area contributed by atoms with Crippen LogP contribution in [0.25, 0.3) is 0 Å². The van der Waals surface area contributed by atoms with E-state index in [1.807, 2.05) is 0 Å². The number of amides is 2. The molecule has 140 valence electrons. The monoisotopic (exact) mass is 364 g/mol. The van der Waals surface area contributed by atoms with E-state index in [-0.39, 0.29) is 6.04 Å². The molecular formula is C19H22F2N2O3. The summed E-state index contributed by atoms with van der Waals surface area (Å²) in [5.41, 5.74) is 1.22. The molecule has 2 N–H and O–H groups in total. The summed E-state index contributed by atoms with van der Waals surface area (Å²) in [7, 11) is 3.10. The van der Waals surface area contributed by atoms with E-state index in [2.05, 4.69) is 10.6 Å². The standard InChI is InChI=1S/C19H22F2N2O3/c1-11(13-5-7-16(20)17(21)9-13)22-19(24)23-12(2)15-10-14(25-3)6-8-18(15)26-4/h5-12H,1-4H3,(H2,22,23,24). The molecule has 2 amide bonds. The minimum absolute atomic E-state index is 0.364. The van der Waals surface area contributed by atoms with Crippen LogP contribution in [-0.2, 0) is 0 Å². The number of nitrogens with one attached hydrogen (secondary N) is 2. The molecule has 0 aliphatic heterocycles. The summed E-state index contributed by atoms with van der Waals surface area (Å²) in [6.07, 6.45) is 0. The van der Waals surface area contributed by atoms with E-state index in [0.29, 0.717) is 17.1 Å². The van der Waals surface area contributed by atoms with Crippen molar-refractivity contribution in [1.29, 1.82) is 0 Å². The van der Waals surface area contributed by atoms with Crippen molar-refractivity contribution in [3.05, 3.63) is 59.2 Å².